The molecule has 0 aliphatic carbocycles. The molecular weight excluding hydrogens is 348 g/mol. The van der Waals surface area contributed by atoms with Gasteiger partial charge < -0.3 is 10.6 Å². The molecule has 0 aliphatic rings. The fourth-order valence-corrected chi connectivity index (χ4v) is 3.37. The number of fused-ring (bicyclic) bond motifs is 1. The van der Waals surface area contributed by atoms with Gasteiger partial charge in [0.15, 0.2) is 0 Å². The SMILES string of the molecule is CNC(=O)c1cc(Cl)cc(C)c1NC(=O)c1ncnc2sccc12. The second-order valence-corrected chi connectivity index (χ2v) is 6.37. The van der Waals surface area contributed by atoms with Crippen LogP contribution in [0.1, 0.15) is 26.4 Å². The van der Waals surface area contributed by atoms with Gasteiger partial charge in [0, 0.05) is 17.5 Å². The smallest absolute Gasteiger partial charge is 0.275 e. The number of halogens is 1. The number of thiophene rings is 1. The van der Waals surface area contributed by atoms with Gasteiger partial charge in [-0.1, -0.05) is 11.6 Å². The minimum Gasteiger partial charge on any atom is -0.355 e. The number of nitrogens with one attached hydrogen (secondary N) is 2. The molecule has 2 amide bonds. The second kappa shape index (κ2) is 6.54. The van der Waals surface area contributed by atoms with Gasteiger partial charge in [-0.25, -0.2) is 9.97 Å². The normalized spacial score (nSPS) is 10.6. The number of hydrogen-bond acceptors (Lipinski definition) is 5. The molecule has 6 nitrogen and oxygen atoms in total. The maximum absolute atomic E-state index is 12.7. The Balaban J connectivity index is 2.03. The summed E-state index contributed by atoms with van der Waals surface area (Å²) in [5.41, 5.74) is 1.65. The van der Waals surface area contributed by atoms with Crippen LogP contribution in [0, 0.1) is 6.92 Å². The highest BCUT2D eigenvalue weighted by atomic mass is 35.5. The molecule has 3 rings (SSSR count). The Morgan fingerprint density at radius 3 is 2.75 bits per heavy atom. The molecule has 0 radical (unpaired) electrons. The molecule has 122 valence electrons. The van der Waals surface area contributed by atoms with Gasteiger partial charge >= 0.3 is 0 Å². The van der Waals surface area contributed by atoms with Crippen molar-refractivity contribution in [2.45, 2.75) is 6.92 Å². The number of carbonyl (C=O) groups excluding carboxylic acids is 2. The van der Waals surface area contributed by atoms with Crippen molar-refractivity contribution in [1.29, 1.82) is 0 Å². The fourth-order valence-electron chi connectivity index (χ4n) is 2.37. The third kappa shape index (κ3) is 2.95. The Kier molecular flexibility index (Phi) is 4.46. The number of benzene rings is 1. The largest absolute Gasteiger partial charge is 0.355 e. The highest BCUT2D eigenvalue weighted by Gasteiger charge is 2.19. The van der Waals surface area contributed by atoms with E-state index in [1.807, 2.05) is 5.38 Å². The highest BCUT2D eigenvalue weighted by Crippen LogP contribution is 2.27. The van der Waals surface area contributed by atoms with E-state index >= 15 is 0 Å². The van der Waals surface area contributed by atoms with Gasteiger partial charge in [0.25, 0.3) is 11.8 Å². The van der Waals surface area contributed by atoms with Crippen LogP contribution < -0.4 is 10.6 Å². The number of aromatic nitrogens is 2. The summed E-state index contributed by atoms with van der Waals surface area (Å²) in [7, 11) is 1.52. The van der Waals surface area contributed by atoms with Crippen LogP contribution in [-0.4, -0.2) is 28.8 Å². The van der Waals surface area contributed by atoms with Crippen molar-refractivity contribution in [2.75, 3.05) is 12.4 Å². The summed E-state index contributed by atoms with van der Waals surface area (Å²) in [6, 6.07) is 5.00. The van der Waals surface area contributed by atoms with E-state index in [0.29, 0.717) is 27.2 Å². The molecule has 2 N–H and O–H groups in total. The van der Waals surface area contributed by atoms with Crippen LogP contribution >= 0.6 is 22.9 Å². The van der Waals surface area contributed by atoms with Gasteiger partial charge in [-0.05, 0) is 36.1 Å². The van der Waals surface area contributed by atoms with Crippen LogP contribution in [0.25, 0.3) is 10.2 Å². The molecule has 0 fully saturated rings. The first-order chi connectivity index (χ1) is 11.5. The quantitative estimate of drug-likeness (QED) is 0.750. The average Bonchev–Trinajstić information content (AvgIpc) is 3.04. The van der Waals surface area contributed by atoms with Gasteiger partial charge in [-0.2, -0.15) is 0 Å². The zero-order valence-electron chi connectivity index (χ0n) is 12.9. The van der Waals surface area contributed by atoms with Gasteiger partial charge in [-0.3, -0.25) is 9.59 Å². The first-order valence-electron chi connectivity index (χ1n) is 7.03. The number of carbonyl (C=O) groups is 2. The molecule has 1 aromatic carbocycles. The molecule has 0 saturated carbocycles. The van der Waals surface area contributed by atoms with E-state index in [4.69, 9.17) is 11.6 Å². The lowest BCUT2D eigenvalue weighted by molar-refractivity contribution is 0.0964. The Hall–Kier alpha value is -2.51. The van der Waals surface area contributed by atoms with E-state index in [2.05, 4.69) is 20.6 Å². The number of rotatable bonds is 3. The minimum atomic E-state index is -0.406. The van der Waals surface area contributed by atoms with Crippen molar-refractivity contribution in [2.24, 2.45) is 0 Å². The summed E-state index contributed by atoms with van der Waals surface area (Å²) < 4.78 is 0. The number of aryl methyl sites for hydroxylation is 1. The van der Waals surface area contributed by atoms with Crippen molar-refractivity contribution >= 4 is 50.7 Å². The molecule has 0 saturated heterocycles. The highest BCUT2D eigenvalue weighted by molar-refractivity contribution is 7.16. The van der Waals surface area contributed by atoms with Gasteiger partial charge in [0.05, 0.1) is 11.3 Å². The molecule has 8 heteroatoms. The third-order valence-electron chi connectivity index (χ3n) is 3.49. The van der Waals surface area contributed by atoms with E-state index in [-0.39, 0.29) is 11.6 Å². The summed E-state index contributed by atoms with van der Waals surface area (Å²) in [6.45, 7) is 1.77. The van der Waals surface area contributed by atoms with Crippen molar-refractivity contribution < 1.29 is 9.59 Å². The first-order valence-corrected chi connectivity index (χ1v) is 8.28. The van der Waals surface area contributed by atoms with Crippen LogP contribution in [0.3, 0.4) is 0 Å². The van der Waals surface area contributed by atoms with Crippen LogP contribution in [-0.2, 0) is 0 Å². The van der Waals surface area contributed by atoms with Gasteiger partial charge in [-0.15, -0.1) is 11.3 Å². The molecule has 0 spiro atoms. The standard InChI is InChI=1S/C16H13ClN4O2S/c1-8-5-9(17)6-11(14(22)18-2)12(8)21-15(23)13-10-3-4-24-16(10)20-7-19-13/h3-7H,1-2H3,(H,18,22)(H,21,23). The van der Waals surface area contributed by atoms with Crippen LogP contribution in [0.2, 0.25) is 5.02 Å². The lowest BCUT2D eigenvalue weighted by atomic mass is 10.1. The minimum absolute atomic E-state index is 0.262. The molecular formula is C16H13ClN4O2S. The lowest BCUT2D eigenvalue weighted by Gasteiger charge is -2.14. The molecule has 3 aromatic rings. The zero-order chi connectivity index (χ0) is 17.3. The topological polar surface area (TPSA) is 84.0 Å². The van der Waals surface area contributed by atoms with Gasteiger partial charge in [0.2, 0.25) is 0 Å². The van der Waals surface area contributed by atoms with E-state index in [9.17, 15) is 9.59 Å². The average molecular weight is 361 g/mol. The van der Waals surface area contributed by atoms with Crippen molar-refractivity contribution in [3.05, 3.63) is 51.7 Å². The molecule has 24 heavy (non-hydrogen) atoms. The number of amides is 2. The molecule has 0 bridgehead atoms. The predicted molar refractivity (Wildman–Crippen MR) is 94.9 cm³/mol. The Bertz CT molecular complexity index is 954. The van der Waals surface area contributed by atoms with Gasteiger partial charge in [0.1, 0.15) is 16.9 Å². The first kappa shape index (κ1) is 16.4. The maximum Gasteiger partial charge on any atom is 0.275 e. The van der Waals surface area contributed by atoms with Crippen LogP contribution in [0.5, 0.6) is 0 Å². The molecule has 0 atom stereocenters. The predicted octanol–water partition coefficient (Wildman–Crippen LogP) is 3.27. The third-order valence-corrected chi connectivity index (χ3v) is 4.53. The summed E-state index contributed by atoms with van der Waals surface area (Å²) in [6.07, 6.45) is 1.35. The molecule has 2 heterocycles. The Morgan fingerprint density at radius 1 is 1.21 bits per heavy atom. The monoisotopic (exact) mass is 360 g/mol. The number of nitrogens with zero attached hydrogens (tertiary/aromatic N) is 2. The lowest BCUT2D eigenvalue weighted by Crippen LogP contribution is -2.22. The Labute approximate surface area is 146 Å². The summed E-state index contributed by atoms with van der Waals surface area (Å²) in [4.78, 5) is 33.7. The number of anilines is 1. The summed E-state index contributed by atoms with van der Waals surface area (Å²) in [5, 5.41) is 8.26. The van der Waals surface area contributed by atoms with Crippen molar-refractivity contribution in [3.8, 4) is 0 Å². The number of hydrogen-bond donors (Lipinski definition) is 2. The summed E-state index contributed by atoms with van der Waals surface area (Å²) in [5.74, 6) is -0.740. The molecule has 0 aliphatic heterocycles. The maximum atomic E-state index is 12.7. The van der Waals surface area contributed by atoms with Crippen molar-refractivity contribution in [3.63, 3.8) is 0 Å². The van der Waals surface area contributed by atoms with Crippen LogP contribution in [0.15, 0.2) is 29.9 Å². The zero-order valence-corrected chi connectivity index (χ0v) is 14.5. The molecule has 2 aromatic heterocycles. The van der Waals surface area contributed by atoms with Crippen molar-refractivity contribution in [1.82, 2.24) is 15.3 Å². The van der Waals surface area contributed by atoms with E-state index in [0.717, 1.165) is 4.83 Å². The van der Waals surface area contributed by atoms with E-state index in [1.165, 1.54) is 30.8 Å². The van der Waals surface area contributed by atoms with E-state index in [1.54, 1.807) is 19.1 Å². The summed E-state index contributed by atoms with van der Waals surface area (Å²) >= 11 is 7.46. The second-order valence-electron chi connectivity index (χ2n) is 5.04. The van der Waals surface area contributed by atoms with Crippen LogP contribution in [0.4, 0.5) is 5.69 Å². The van der Waals surface area contributed by atoms with E-state index < -0.39 is 5.91 Å². The molecule has 0 unspecified atom stereocenters. The fraction of sp³-hybridized carbons (Fsp3) is 0.125. The Morgan fingerprint density at radius 2 is 2.00 bits per heavy atom.